The maximum absolute atomic E-state index is 12.3. The number of amides is 3. The first-order valence-electron chi connectivity index (χ1n) is 7.61. The van der Waals surface area contributed by atoms with E-state index < -0.39 is 36.1 Å². The lowest BCUT2D eigenvalue weighted by Crippen LogP contribution is -2.46. The van der Waals surface area contributed by atoms with E-state index in [9.17, 15) is 19.8 Å². The molecule has 2 aromatic rings. The second-order valence-electron chi connectivity index (χ2n) is 5.77. The van der Waals surface area contributed by atoms with Gasteiger partial charge in [-0.2, -0.15) is 0 Å². The maximum Gasteiger partial charge on any atom is 0.321 e. The summed E-state index contributed by atoms with van der Waals surface area (Å²) in [4.78, 5) is 24.9. The van der Waals surface area contributed by atoms with Gasteiger partial charge in [0, 0.05) is 5.92 Å². The van der Waals surface area contributed by atoms with Crippen LogP contribution in [0.2, 0.25) is 0 Å². The van der Waals surface area contributed by atoms with E-state index in [1.807, 2.05) is 0 Å². The Hall–Kier alpha value is -2.70. The number of benzene rings is 2. The maximum atomic E-state index is 12.3. The number of imide groups is 1. The first-order chi connectivity index (χ1) is 11.5. The Balaban J connectivity index is 2.08. The average molecular weight is 326 g/mol. The van der Waals surface area contributed by atoms with Gasteiger partial charge in [0.15, 0.2) is 0 Å². The topological polar surface area (TPSA) is 104 Å². The van der Waals surface area contributed by atoms with Crippen molar-refractivity contribution >= 4 is 11.9 Å². The van der Waals surface area contributed by atoms with Crippen molar-refractivity contribution < 1.29 is 19.8 Å². The molecule has 6 nitrogen and oxygen atoms in total. The predicted molar refractivity (Wildman–Crippen MR) is 86.8 cm³/mol. The molecule has 0 bridgehead atoms. The number of hydrogen-bond donors (Lipinski definition) is 3. The highest BCUT2D eigenvalue weighted by Crippen LogP contribution is 2.40. The van der Waals surface area contributed by atoms with Crippen molar-refractivity contribution in [2.24, 2.45) is 5.73 Å². The molecule has 0 unspecified atom stereocenters. The molecule has 1 aliphatic heterocycles. The lowest BCUT2D eigenvalue weighted by atomic mass is 9.85. The number of primary amides is 1. The van der Waals surface area contributed by atoms with E-state index in [-0.39, 0.29) is 0 Å². The summed E-state index contributed by atoms with van der Waals surface area (Å²) >= 11 is 0. The SMILES string of the molecule is NC(=O)N1C(=O)[C@@H](O)[C@H](c2ccccc2)[C@@H]1[C@H](O)c1ccccc1. The highest BCUT2D eigenvalue weighted by molar-refractivity contribution is 5.99. The van der Waals surface area contributed by atoms with Crippen molar-refractivity contribution in [1.82, 2.24) is 4.90 Å². The highest BCUT2D eigenvalue weighted by Gasteiger charge is 2.53. The van der Waals surface area contributed by atoms with Gasteiger partial charge in [-0.25, -0.2) is 4.79 Å². The molecule has 124 valence electrons. The van der Waals surface area contributed by atoms with Gasteiger partial charge in [-0.3, -0.25) is 9.69 Å². The standard InChI is InChI=1S/C18H18N2O4/c19-18(24)20-14(15(21)12-9-5-2-6-10-12)13(16(22)17(20)23)11-7-3-1-4-8-11/h1-10,13-16,21-22H,(H2,19,24)/t13-,14-,15-,16+/m1/s1. The summed E-state index contributed by atoms with van der Waals surface area (Å²) in [6.45, 7) is 0. The van der Waals surface area contributed by atoms with Gasteiger partial charge in [-0.15, -0.1) is 0 Å². The fraction of sp³-hybridized carbons (Fsp3) is 0.222. The summed E-state index contributed by atoms with van der Waals surface area (Å²) in [7, 11) is 0. The fourth-order valence-corrected chi connectivity index (χ4v) is 3.29. The van der Waals surface area contributed by atoms with Crippen LogP contribution in [-0.4, -0.2) is 39.2 Å². The molecule has 3 amide bonds. The Bertz CT molecular complexity index is 735. The van der Waals surface area contributed by atoms with E-state index in [1.165, 1.54) is 0 Å². The number of likely N-dealkylation sites (tertiary alicyclic amines) is 1. The fourth-order valence-electron chi connectivity index (χ4n) is 3.29. The molecule has 1 saturated heterocycles. The van der Waals surface area contributed by atoms with Crippen LogP contribution in [0.5, 0.6) is 0 Å². The summed E-state index contributed by atoms with van der Waals surface area (Å²) in [5.41, 5.74) is 6.53. The van der Waals surface area contributed by atoms with Crippen LogP contribution in [0.4, 0.5) is 4.79 Å². The van der Waals surface area contributed by atoms with E-state index in [0.717, 1.165) is 4.90 Å². The van der Waals surface area contributed by atoms with Gasteiger partial charge >= 0.3 is 6.03 Å². The van der Waals surface area contributed by atoms with Gasteiger partial charge in [0.1, 0.15) is 12.2 Å². The lowest BCUT2D eigenvalue weighted by Gasteiger charge is -2.30. The van der Waals surface area contributed by atoms with Crippen molar-refractivity contribution in [1.29, 1.82) is 0 Å². The molecule has 6 heteroatoms. The third-order valence-electron chi connectivity index (χ3n) is 4.38. The molecule has 1 fully saturated rings. The molecule has 4 N–H and O–H groups in total. The van der Waals surface area contributed by atoms with Gasteiger partial charge in [0.25, 0.3) is 5.91 Å². The largest absolute Gasteiger partial charge is 0.386 e. The number of carbonyl (C=O) groups is 2. The average Bonchev–Trinajstić information content (AvgIpc) is 2.87. The Morgan fingerprint density at radius 3 is 2.12 bits per heavy atom. The molecule has 0 radical (unpaired) electrons. The van der Waals surface area contributed by atoms with Crippen LogP contribution in [0.15, 0.2) is 60.7 Å². The summed E-state index contributed by atoms with van der Waals surface area (Å²) in [6, 6.07) is 15.6. The molecule has 3 rings (SSSR count). The van der Waals surface area contributed by atoms with Crippen molar-refractivity contribution in [2.75, 3.05) is 0 Å². The smallest absolute Gasteiger partial charge is 0.321 e. The van der Waals surface area contributed by atoms with Gasteiger partial charge < -0.3 is 15.9 Å². The zero-order valence-corrected chi connectivity index (χ0v) is 12.8. The van der Waals surface area contributed by atoms with Crippen LogP contribution in [0.3, 0.4) is 0 Å². The number of carbonyl (C=O) groups excluding carboxylic acids is 2. The summed E-state index contributed by atoms with van der Waals surface area (Å²) in [5, 5.41) is 21.2. The number of rotatable bonds is 3. The van der Waals surface area contributed by atoms with Crippen LogP contribution >= 0.6 is 0 Å². The lowest BCUT2D eigenvalue weighted by molar-refractivity contribution is -0.133. The highest BCUT2D eigenvalue weighted by atomic mass is 16.3. The van der Waals surface area contributed by atoms with Crippen LogP contribution in [0.25, 0.3) is 0 Å². The molecule has 1 aliphatic rings. The van der Waals surface area contributed by atoms with Gasteiger partial charge in [-0.1, -0.05) is 60.7 Å². The minimum absolute atomic E-state index is 0.539. The first-order valence-corrected chi connectivity index (χ1v) is 7.61. The number of urea groups is 1. The normalized spacial score (nSPS) is 24.8. The Kier molecular flexibility index (Phi) is 4.33. The van der Waals surface area contributed by atoms with Crippen LogP contribution in [0, 0.1) is 0 Å². The molecule has 2 aromatic carbocycles. The minimum Gasteiger partial charge on any atom is -0.386 e. The van der Waals surface area contributed by atoms with Crippen molar-refractivity contribution in [3.05, 3.63) is 71.8 Å². The molecule has 0 aromatic heterocycles. The van der Waals surface area contributed by atoms with Gasteiger partial charge in [0.2, 0.25) is 0 Å². The zero-order chi connectivity index (χ0) is 17.3. The van der Waals surface area contributed by atoms with Crippen LogP contribution in [-0.2, 0) is 4.79 Å². The number of aliphatic hydroxyl groups is 2. The second-order valence-corrected chi connectivity index (χ2v) is 5.77. The van der Waals surface area contributed by atoms with Crippen molar-refractivity contribution in [2.45, 2.75) is 24.2 Å². The van der Waals surface area contributed by atoms with E-state index in [1.54, 1.807) is 60.7 Å². The first kappa shape index (κ1) is 16.2. The zero-order valence-electron chi connectivity index (χ0n) is 12.8. The third kappa shape index (κ3) is 2.66. The Morgan fingerprint density at radius 2 is 1.58 bits per heavy atom. The quantitative estimate of drug-likeness (QED) is 0.787. The van der Waals surface area contributed by atoms with E-state index >= 15 is 0 Å². The van der Waals surface area contributed by atoms with E-state index in [0.29, 0.717) is 11.1 Å². The molecule has 0 saturated carbocycles. The second kappa shape index (κ2) is 6.43. The van der Waals surface area contributed by atoms with E-state index in [4.69, 9.17) is 5.73 Å². The summed E-state index contributed by atoms with van der Waals surface area (Å²) in [6.07, 6.45) is -2.60. The number of aliphatic hydroxyl groups excluding tert-OH is 2. The van der Waals surface area contributed by atoms with Crippen molar-refractivity contribution in [3.8, 4) is 0 Å². The summed E-state index contributed by atoms with van der Waals surface area (Å²) < 4.78 is 0. The Labute approximate surface area is 139 Å². The molecular formula is C18H18N2O4. The van der Waals surface area contributed by atoms with Crippen LogP contribution in [0.1, 0.15) is 23.1 Å². The number of nitrogens with two attached hydrogens (primary N) is 1. The van der Waals surface area contributed by atoms with Gasteiger partial charge in [0.05, 0.1) is 6.04 Å². The monoisotopic (exact) mass is 326 g/mol. The molecular weight excluding hydrogens is 308 g/mol. The molecule has 4 atom stereocenters. The number of hydrogen-bond acceptors (Lipinski definition) is 4. The van der Waals surface area contributed by atoms with Crippen LogP contribution < -0.4 is 5.73 Å². The molecule has 1 heterocycles. The van der Waals surface area contributed by atoms with Gasteiger partial charge in [-0.05, 0) is 11.1 Å². The molecule has 0 aliphatic carbocycles. The molecule has 24 heavy (non-hydrogen) atoms. The number of nitrogens with zero attached hydrogens (tertiary/aromatic N) is 1. The summed E-state index contributed by atoms with van der Waals surface area (Å²) in [5.74, 6) is -1.56. The molecule has 0 spiro atoms. The van der Waals surface area contributed by atoms with Crippen molar-refractivity contribution in [3.63, 3.8) is 0 Å². The Morgan fingerprint density at radius 1 is 1.04 bits per heavy atom. The van der Waals surface area contributed by atoms with E-state index in [2.05, 4.69) is 0 Å². The predicted octanol–water partition coefficient (Wildman–Crippen LogP) is 1.15. The minimum atomic E-state index is -1.44. The third-order valence-corrected chi connectivity index (χ3v) is 4.38.